The van der Waals surface area contributed by atoms with Gasteiger partial charge in [0.1, 0.15) is 18.1 Å². The predicted octanol–water partition coefficient (Wildman–Crippen LogP) is 2.79. The number of carbonyl (C=O) groups is 2. The number of hydrogen-bond acceptors (Lipinski definition) is 6. The molecular weight excluding hydrogens is 432 g/mol. The van der Waals surface area contributed by atoms with Crippen molar-refractivity contribution in [2.24, 2.45) is 0 Å². The zero-order chi connectivity index (χ0) is 23.3. The summed E-state index contributed by atoms with van der Waals surface area (Å²) < 4.78 is 11.3. The van der Waals surface area contributed by atoms with Gasteiger partial charge in [-0.2, -0.15) is 0 Å². The quantitative estimate of drug-likeness (QED) is 0.610. The average molecular weight is 459 g/mol. The molecule has 8 heteroatoms. The van der Waals surface area contributed by atoms with E-state index in [1.165, 1.54) is 6.20 Å². The van der Waals surface area contributed by atoms with E-state index in [4.69, 9.17) is 9.47 Å². The highest BCUT2D eigenvalue weighted by molar-refractivity contribution is 5.96. The van der Waals surface area contributed by atoms with Crippen molar-refractivity contribution in [2.75, 3.05) is 19.8 Å². The molecule has 8 nitrogen and oxygen atoms in total. The molecule has 34 heavy (non-hydrogen) atoms. The third kappa shape index (κ3) is 4.92. The third-order valence-electron chi connectivity index (χ3n) is 6.16. The number of benzene rings is 1. The molecular formula is C26H26N4O4. The number of fused-ring (bicyclic) bond motifs is 1. The fourth-order valence-corrected chi connectivity index (χ4v) is 4.33. The Bertz CT molecular complexity index is 1160. The summed E-state index contributed by atoms with van der Waals surface area (Å²) >= 11 is 0. The first kappa shape index (κ1) is 22.0. The number of pyridine rings is 2. The Morgan fingerprint density at radius 3 is 2.47 bits per heavy atom. The highest BCUT2D eigenvalue weighted by Crippen LogP contribution is 2.34. The first-order valence-electron chi connectivity index (χ1n) is 11.5. The lowest BCUT2D eigenvalue weighted by Gasteiger charge is -2.28. The van der Waals surface area contributed by atoms with Gasteiger partial charge in [-0.25, -0.2) is 0 Å². The SMILES string of the molecule is O=C(N[C@@H]1COc2cccc(-c3ccncc3)c2C1)c1ccc(C(=O)NC2CCOCC2)nc1. The molecule has 3 aromatic rings. The second kappa shape index (κ2) is 10.0. The topological polar surface area (TPSA) is 102 Å². The van der Waals surface area contributed by atoms with E-state index in [0.717, 1.165) is 35.3 Å². The van der Waals surface area contributed by atoms with Gasteiger partial charge in [-0.15, -0.1) is 0 Å². The maximum atomic E-state index is 12.8. The van der Waals surface area contributed by atoms with Crippen molar-refractivity contribution in [1.29, 1.82) is 0 Å². The van der Waals surface area contributed by atoms with Crippen LogP contribution in [0, 0.1) is 0 Å². The van der Waals surface area contributed by atoms with Gasteiger partial charge in [-0.3, -0.25) is 19.6 Å². The van der Waals surface area contributed by atoms with Gasteiger partial charge in [0, 0.05) is 49.8 Å². The number of carbonyl (C=O) groups excluding carboxylic acids is 2. The largest absolute Gasteiger partial charge is 0.491 e. The van der Waals surface area contributed by atoms with E-state index in [1.807, 2.05) is 24.3 Å². The van der Waals surface area contributed by atoms with Crippen molar-refractivity contribution in [2.45, 2.75) is 31.3 Å². The number of amides is 2. The Hall–Kier alpha value is -3.78. The summed E-state index contributed by atoms with van der Waals surface area (Å²) in [4.78, 5) is 33.6. The average Bonchev–Trinajstić information content (AvgIpc) is 2.89. The van der Waals surface area contributed by atoms with Crippen LogP contribution in [0.15, 0.2) is 61.1 Å². The van der Waals surface area contributed by atoms with Crippen LogP contribution in [0.5, 0.6) is 5.75 Å². The van der Waals surface area contributed by atoms with E-state index < -0.39 is 0 Å². The van der Waals surface area contributed by atoms with Gasteiger partial charge in [0.05, 0.1) is 11.6 Å². The van der Waals surface area contributed by atoms with Crippen LogP contribution in [0.25, 0.3) is 11.1 Å². The second-order valence-corrected chi connectivity index (χ2v) is 8.50. The molecule has 0 bridgehead atoms. The standard InChI is InChI=1S/C26H26N4O4/c31-25(18-4-5-23(28-15-18)26(32)29-19-8-12-33-13-9-19)30-20-14-22-21(17-6-10-27-11-7-17)2-1-3-24(22)34-16-20/h1-7,10-11,15,19-20H,8-9,12-14,16H2,(H,29,32)(H,30,31)/t20-/m0/s1. The van der Waals surface area contributed by atoms with Crippen LogP contribution >= 0.6 is 0 Å². The fraction of sp³-hybridized carbons (Fsp3) is 0.308. The van der Waals surface area contributed by atoms with Crippen molar-refractivity contribution in [3.05, 3.63) is 77.9 Å². The van der Waals surface area contributed by atoms with Gasteiger partial charge in [0.25, 0.3) is 11.8 Å². The minimum atomic E-state index is -0.248. The molecule has 1 aromatic carbocycles. The van der Waals surface area contributed by atoms with Crippen LogP contribution in [0.1, 0.15) is 39.3 Å². The van der Waals surface area contributed by atoms with Crippen LogP contribution < -0.4 is 15.4 Å². The zero-order valence-corrected chi connectivity index (χ0v) is 18.7. The normalized spacial score (nSPS) is 17.8. The van der Waals surface area contributed by atoms with Gasteiger partial charge < -0.3 is 20.1 Å². The lowest BCUT2D eigenvalue weighted by molar-refractivity contribution is 0.0693. The highest BCUT2D eigenvalue weighted by Gasteiger charge is 2.25. The lowest BCUT2D eigenvalue weighted by Crippen LogP contribution is -2.43. The lowest BCUT2D eigenvalue weighted by atomic mass is 9.93. The summed E-state index contributed by atoms with van der Waals surface area (Å²) in [5.41, 5.74) is 3.88. The fourth-order valence-electron chi connectivity index (χ4n) is 4.33. The van der Waals surface area contributed by atoms with Gasteiger partial charge in [0.15, 0.2) is 0 Å². The first-order chi connectivity index (χ1) is 16.7. The van der Waals surface area contributed by atoms with Gasteiger partial charge in [-0.05, 0) is 54.3 Å². The molecule has 2 aromatic heterocycles. The molecule has 2 aliphatic heterocycles. The molecule has 0 spiro atoms. The monoisotopic (exact) mass is 458 g/mol. The minimum absolute atomic E-state index is 0.0947. The molecule has 1 fully saturated rings. The molecule has 0 aliphatic carbocycles. The van der Waals surface area contributed by atoms with Crippen LogP contribution in [0.3, 0.4) is 0 Å². The molecule has 0 saturated carbocycles. The highest BCUT2D eigenvalue weighted by atomic mass is 16.5. The molecule has 1 atom stereocenters. The predicted molar refractivity (Wildman–Crippen MR) is 126 cm³/mol. The number of aromatic nitrogens is 2. The number of nitrogens with one attached hydrogen (secondary N) is 2. The molecule has 5 rings (SSSR count). The Morgan fingerprint density at radius 2 is 1.71 bits per heavy atom. The summed E-state index contributed by atoms with van der Waals surface area (Å²) in [6, 6.07) is 13.0. The summed E-state index contributed by atoms with van der Waals surface area (Å²) in [7, 11) is 0. The second-order valence-electron chi connectivity index (χ2n) is 8.50. The molecule has 2 amide bonds. The molecule has 2 aliphatic rings. The minimum Gasteiger partial charge on any atom is -0.491 e. The maximum absolute atomic E-state index is 12.8. The van der Waals surface area contributed by atoms with E-state index in [1.54, 1.807) is 24.5 Å². The molecule has 174 valence electrons. The summed E-state index contributed by atoms with van der Waals surface area (Å²) in [6.07, 6.45) is 7.20. The van der Waals surface area contributed by atoms with Crippen molar-refractivity contribution < 1.29 is 19.1 Å². The Kier molecular flexibility index (Phi) is 6.49. The third-order valence-corrected chi connectivity index (χ3v) is 6.16. The summed E-state index contributed by atoms with van der Waals surface area (Å²) in [5, 5.41) is 6.01. The Labute approximate surface area is 197 Å². The molecule has 0 unspecified atom stereocenters. The van der Waals surface area contributed by atoms with Crippen LogP contribution in [0.2, 0.25) is 0 Å². The Balaban J connectivity index is 1.23. The number of rotatable bonds is 5. The van der Waals surface area contributed by atoms with Crippen LogP contribution in [-0.2, 0) is 11.2 Å². The molecule has 4 heterocycles. The van der Waals surface area contributed by atoms with Crippen molar-refractivity contribution in [1.82, 2.24) is 20.6 Å². The van der Waals surface area contributed by atoms with Crippen molar-refractivity contribution >= 4 is 11.8 Å². The Morgan fingerprint density at radius 1 is 0.912 bits per heavy atom. The number of nitrogens with zero attached hydrogens (tertiary/aromatic N) is 2. The van der Waals surface area contributed by atoms with E-state index in [-0.39, 0.29) is 23.9 Å². The van der Waals surface area contributed by atoms with E-state index in [9.17, 15) is 9.59 Å². The zero-order valence-electron chi connectivity index (χ0n) is 18.7. The molecule has 1 saturated heterocycles. The number of ether oxygens (including phenoxy) is 2. The molecule has 2 N–H and O–H groups in total. The summed E-state index contributed by atoms with van der Waals surface area (Å²) in [6.45, 7) is 1.69. The van der Waals surface area contributed by atoms with E-state index >= 15 is 0 Å². The van der Waals surface area contributed by atoms with Crippen LogP contribution in [-0.4, -0.2) is 53.7 Å². The van der Waals surface area contributed by atoms with Gasteiger partial charge >= 0.3 is 0 Å². The van der Waals surface area contributed by atoms with Crippen molar-refractivity contribution in [3.8, 4) is 16.9 Å². The van der Waals surface area contributed by atoms with Crippen molar-refractivity contribution in [3.63, 3.8) is 0 Å². The van der Waals surface area contributed by atoms with Gasteiger partial charge in [0.2, 0.25) is 0 Å². The first-order valence-corrected chi connectivity index (χ1v) is 11.5. The number of hydrogen-bond donors (Lipinski definition) is 2. The van der Waals surface area contributed by atoms with Crippen LogP contribution in [0.4, 0.5) is 0 Å². The van der Waals surface area contributed by atoms with E-state index in [2.05, 4.69) is 26.7 Å². The van der Waals surface area contributed by atoms with E-state index in [0.29, 0.717) is 37.5 Å². The smallest absolute Gasteiger partial charge is 0.270 e. The summed E-state index contributed by atoms with van der Waals surface area (Å²) in [5.74, 6) is 0.350. The van der Waals surface area contributed by atoms with Gasteiger partial charge in [-0.1, -0.05) is 12.1 Å². The maximum Gasteiger partial charge on any atom is 0.270 e. The molecule has 0 radical (unpaired) electrons.